The zero-order valence-electron chi connectivity index (χ0n) is 17.5. The molecule has 0 atom stereocenters. The molecule has 3 aromatic carbocycles. The maximum atomic E-state index is 13.3. The van der Waals surface area contributed by atoms with Gasteiger partial charge >= 0.3 is 5.97 Å². The summed E-state index contributed by atoms with van der Waals surface area (Å²) in [5.74, 6) is -1.14. The Kier molecular flexibility index (Phi) is 8.12. The quantitative estimate of drug-likeness (QED) is 0.393. The number of nitrogens with one attached hydrogen (secondary N) is 1. The van der Waals surface area contributed by atoms with Crippen molar-refractivity contribution in [3.8, 4) is 0 Å². The third-order valence-corrected chi connectivity index (χ3v) is 7.12. The Morgan fingerprint density at radius 2 is 1.70 bits per heavy atom. The van der Waals surface area contributed by atoms with Crippen LogP contribution in [0.1, 0.15) is 17.3 Å². The van der Waals surface area contributed by atoms with Crippen molar-refractivity contribution in [3.63, 3.8) is 0 Å². The van der Waals surface area contributed by atoms with E-state index in [9.17, 15) is 18.0 Å². The fraction of sp³-hybridized carbons (Fsp3) is 0.130. The highest BCUT2D eigenvalue weighted by Gasteiger charge is 2.27. The minimum absolute atomic E-state index is 0.0533. The Labute approximate surface area is 205 Å². The van der Waals surface area contributed by atoms with E-state index in [1.807, 2.05) is 0 Å². The summed E-state index contributed by atoms with van der Waals surface area (Å²) in [4.78, 5) is 24.7. The molecule has 1 N–H and O–H groups in total. The van der Waals surface area contributed by atoms with Crippen LogP contribution in [0.3, 0.4) is 0 Å². The Hall–Kier alpha value is -2.88. The number of nitrogens with zero attached hydrogens (tertiary/aromatic N) is 1. The molecule has 0 aliphatic rings. The summed E-state index contributed by atoms with van der Waals surface area (Å²) in [5, 5.41) is 2.73. The maximum Gasteiger partial charge on any atom is 0.338 e. The molecule has 3 rings (SSSR count). The lowest BCUT2D eigenvalue weighted by molar-refractivity contribution is -0.114. The largest absolute Gasteiger partial charge is 0.462 e. The van der Waals surface area contributed by atoms with Gasteiger partial charge in [0.25, 0.3) is 10.0 Å². The van der Waals surface area contributed by atoms with Crippen molar-refractivity contribution in [2.24, 2.45) is 0 Å². The van der Waals surface area contributed by atoms with Crippen LogP contribution in [-0.2, 0) is 19.6 Å². The van der Waals surface area contributed by atoms with Crippen molar-refractivity contribution in [2.75, 3.05) is 22.8 Å². The van der Waals surface area contributed by atoms with Gasteiger partial charge in [-0.3, -0.25) is 9.10 Å². The smallest absolute Gasteiger partial charge is 0.338 e. The molecule has 0 aromatic heterocycles. The van der Waals surface area contributed by atoms with Crippen molar-refractivity contribution in [3.05, 3.63) is 87.9 Å². The van der Waals surface area contributed by atoms with E-state index < -0.39 is 28.4 Å². The number of carbonyl (C=O) groups excluding carboxylic acids is 2. The second kappa shape index (κ2) is 10.8. The van der Waals surface area contributed by atoms with Gasteiger partial charge in [0.2, 0.25) is 5.91 Å². The third kappa shape index (κ3) is 6.13. The van der Waals surface area contributed by atoms with Gasteiger partial charge in [-0.05, 0) is 61.5 Å². The molecule has 0 fully saturated rings. The van der Waals surface area contributed by atoms with Crippen LogP contribution in [0.25, 0.3) is 0 Å². The van der Waals surface area contributed by atoms with Crippen molar-refractivity contribution in [2.45, 2.75) is 11.8 Å². The third-order valence-electron chi connectivity index (χ3n) is 4.49. The topological polar surface area (TPSA) is 92.8 Å². The van der Waals surface area contributed by atoms with E-state index in [1.165, 1.54) is 30.3 Å². The first kappa shape index (κ1) is 24.8. The van der Waals surface area contributed by atoms with E-state index in [1.54, 1.807) is 49.4 Å². The summed E-state index contributed by atoms with van der Waals surface area (Å²) < 4.78 is 33.3. The number of rotatable bonds is 8. The number of ether oxygens (including phenoxy) is 1. The monoisotopic (exact) mass is 550 g/mol. The van der Waals surface area contributed by atoms with Gasteiger partial charge in [-0.1, -0.05) is 45.7 Å². The van der Waals surface area contributed by atoms with Gasteiger partial charge in [-0.15, -0.1) is 0 Å². The number of benzene rings is 3. The van der Waals surface area contributed by atoms with Crippen LogP contribution >= 0.6 is 27.5 Å². The summed E-state index contributed by atoms with van der Waals surface area (Å²) in [6.45, 7) is 1.42. The molecule has 0 heterocycles. The Morgan fingerprint density at radius 1 is 1.03 bits per heavy atom. The van der Waals surface area contributed by atoms with Crippen molar-refractivity contribution in [1.82, 2.24) is 0 Å². The molecule has 33 heavy (non-hydrogen) atoms. The zero-order valence-corrected chi connectivity index (χ0v) is 20.7. The van der Waals surface area contributed by atoms with E-state index in [4.69, 9.17) is 16.3 Å². The summed E-state index contributed by atoms with van der Waals surface area (Å²) in [6.07, 6.45) is 0. The highest BCUT2D eigenvalue weighted by atomic mass is 79.9. The van der Waals surface area contributed by atoms with Crippen LogP contribution < -0.4 is 9.62 Å². The summed E-state index contributed by atoms with van der Waals surface area (Å²) in [7, 11) is -4.03. The van der Waals surface area contributed by atoms with E-state index in [2.05, 4.69) is 21.2 Å². The Balaban J connectivity index is 1.87. The molecular formula is C23H20BrClN2O5S. The van der Waals surface area contributed by atoms with Gasteiger partial charge in [0.15, 0.2) is 0 Å². The fourth-order valence-corrected chi connectivity index (χ4v) is 4.85. The first-order chi connectivity index (χ1) is 15.7. The van der Waals surface area contributed by atoms with Crippen molar-refractivity contribution in [1.29, 1.82) is 0 Å². The SMILES string of the molecule is CCOC(=O)c1ccc(NC(=O)CN(c2ccc(Br)cc2)S(=O)(=O)c2ccccc2)c(Cl)c1. The average Bonchev–Trinajstić information content (AvgIpc) is 2.80. The number of sulfonamides is 1. The lowest BCUT2D eigenvalue weighted by Crippen LogP contribution is -2.38. The second-order valence-corrected chi connectivity index (χ2v) is 9.95. The number of hydrogen-bond acceptors (Lipinski definition) is 5. The second-order valence-electron chi connectivity index (χ2n) is 6.76. The average molecular weight is 552 g/mol. The van der Waals surface area contributed by atoms with Crippen LogP contribution in [0.2, 0.25) is 5.02 Å². The maximum absolute atomic E-state index is 13.3. The molecule has 10 heteroatoms. The van der Waals surface area contributed by atoms with E-state index in [0.717, 1.165) is 8.78 Å². The summed E-state index contributed by atoms with van der Waals surface area (Å²) in [6, 6.07) is 18.7. The highest BCUT2D eigenvalue weighted by molar-refractivity contribution is 9.10. The number of esters is 1. The zero-order chi connectivity index (χ0) is 24.0. The lowest BCUT2D eigenvalue weighted by Gasteiger charge is -2.24. The van der Waals surface area contributed by atoms with Crippen LogP contribution in [0.5, 0.6) is 0 Å². The number of anilines is 2. The van der Waals surface area contributed by atoms with Gasteiger partial charge < -0.3 is 10.1 Å². The number of hydrogen-bond donors (Lipinski definition) is 1. The molecule has 0 radical (unpaired) electrons. The minimum atomic E-state index is -4.03. The standard InChI is InChI=1S/C23H20BrClN2O5S/c1-2-32-23(29)16-8-13-21(20(25)14-16)26-22(28)15-27(18-11-9-17(24)10-12-18)33(30,31)19-6-4-3-5-7-19/h3-14H,2,15H2,1H3,(H,26,28). The predicted molar refractivity (Wildman–Crippen MR) is 131 cm³/mol. The minimum Gasteiger partial charge on any atom is -0.462 e. The van der Waals surface area contributed by atoms with Crippen LogP contribution in [0.15, 0.2) is 82.2 Å². The van der Waals surface area contributed by atoms with Gasteiger partial charge in [0.05, 0.1) is 33.5 Å². The number of halogens is 2. The van der Waals surface area contributed by atoms with Gasteiger partial charge in [0, 0.05) is 4.47 Å². The molecule has 0 bridgehead atoms. The first-order valence-electron chi connectivity index (χ1n) is 9.82. The van der Waals surface area contributed by atoms with Crippen LogP contribution in [-0.4, -0.2) is 33.4 Å². The molecule has 0 aliphatic carbocycles. The summed E-state index contributed by atoms with van der Waals surface area (Å²) in [5.41, 5.74) is 0.798. The fourth-order valence-electron chi connectivity index (χ4n) is 2.92. The highest BCUT2D eigenvalue weighted by Crippen LogP contribution is 2.27. The molecule has 0 aliphatic heterocycles. The molecule has 1 amide bonds. The summed E-state index contributed by atoms with van der Waals surface area (Å²) >= 11 is 9.54. The molecule has 3 aromatic rings. The van der Waals surface area contributed by atoms with Crippen molar-refractivity contribution >= 4 is 60.8 Å². The molecule has 0 spiro atoms. The predicted octanol–water partition coefficient (Wildman–Crippen LogP) is 5.11. The first-order valence-corrected chi connectivity index (χ1v) is 12.4. The van der Waals surface area contributed by atoms with Crippen LogP contribution in [0, 0.1) is 0 Å². The van der Waals surface area contributed by atoms with Gasteiger partial charge in [-0.2, -0.15) is 0 Å². The van der Waals surface area contributed by atoms with Crippen LogP contribution in [0.4, 0.5) is 11.4 Å². The normalized spacial score (nSPS) is 11.0. The Bertz CT molecular complexity index is 1250. The Morgan fingerprint density at radius 3 is 2.30 bits per heavy atom. The number of carbonyl (C=O) groups is 2. The van der Waals surface area contributed by atoms with E-state index in [-0.39, 0.29) is 27.8 Å². The molecule has 0 saturated heterocycles. The molecule has 0 saturated carbocycles. The lowest BCUT2D eigenvalue weighted by atomic mass is 10.2. The van der Waals surface area contributed by atoms with Gasteiger partial charge in [0.1, 0.15) is 6.54 Å². The van der Waals surface area contributed by atoms with E-state index >= 15 is 0 Å². The molecule has 0 unspecified atom stereocenters. The number of amides is 1. The van der Waals surface area contributed by atoms with Crippen molar-refractivity contribution < 1.29 is 22.7 Å². The van der Waals surface area contributed by atoms with E-state index in [0.29, 0.717) is 5.69 Å². The van der Waals surface area contributed by atoms with Gasteiger partial charge in [-0.25, -0.2) is 13.2 Å². The molecule has 7 nitrogen and oxygen atoms in total. The molecular weight excluding hydrogens is 532 g/mol. The molecule has 172 valence electrons.